The minimum absolute atomic E-state index is 0.370. The van der Waals surface area contributed by atoms with Crippen molar-refractivity contribution in [2.45, 2.75) is 0 Å². The first-order valence-electron chi connectivity index (χ1n) is 2.11. The van der Waals surface area contributed by atoms with Gasteiger partial charge in [-0.3, -0.25) is 0 Å². The van der Waals surface area contributed by atoms with Crippen LogP contribution in [0, 0.1) is 0 Å². The van der Waals surface area contributed by atoms with E-state index < -0.39 is 0 Å². The van der Waals surface area contributed by atoms with Crippen LogP contribution in [0.3, 0.4) is 0 Å². The summed E-state index contributed by atoms with van der Waals surface area (Å²) in [6.07, 6.45) is 1.27. The summed E-state index contributed by atoms with van der Waals surface area (Å²) in [5.74, 6) is 5.02. The minimum atomic E-state index is 0.370. The van der Waals surface area contributed by atoms with Crippen LogP contribution in [0.2, 0.25) is 0 Å². The SMILES string of the molecule is NCCN(N)N=C=O. The molecule has 0 saturated heterocycles. The lowest BCUT2D eigenvalue weighted by molar-refractivity contribution is 0.306. The summed E-state index contributed by atoms with van der Waals surface area (Å²) in [5, 5.41) is 3.98. The van der Waals surface area contributed by atoms with Gasteiger partial charge in [-0.25, -0.2) is 15.8 Å². The predicted molar refractivity (Wildman–Crippen MR) is 28.1 cm³/mol. The van der Waals surface area contributed by atoms with Gasteiger partial charge in [0.25, 0.3) is 6.08 Å². The number of hydrazone groups is 1. The van der Waals surface area contributed by atoms with Crippen molar-refractivity contribution in [2.75, 3.05) is 13.1 Å². The van der Waals surface area contributed by atoms with Crippen molar-refractivity contribution in [3.63, 3.8) is 0 Å². The molecule has 0 fully saturated rings. The highest BCUT2D eigenvalue weighted by atomic mass is 16.1. The largest absolute Gasteiger partial charge is 0.329 e. The van der Waals surface area contributed by atoms with Gasteiger partial charge in [-0.1, -0.05) is 5.10 Å². The molecule has 8 heavy (non-hydrogen) atoms. The second-order valence-electron chi connectivity index (χ2n) is 1.14. The lowest BCUT2D eigenvalue weighted by Gasteiger charge is -2.05. The highest BCUT2D eigenvalue weighted by Crippen LogP contribution is 1.69. The summed E-state index contributed by atoms with van der Waals surface area (Å²) in [6, 6.07) is 0. The zero-order valence-corrected chi connectivity index (χ0v) is 4.37. The van der Waals surface area contributed by atoms with Gasteiger partial charge in [0.05, 0.1) is 6.54 Å². The Hall–Kier alpha value is -0.900. The summed E-state index contributed by atoms with van der Waals surface area (Å²) in [7, 11) is 0. The summed E-state index contributed by atoms with van der Waals surface area (Å²) in [5.41, 5.74) is 5.05. The van der Waals surface area contributed by atoms with Crippen molar-refractivity contribution < 1.29 is 4.79 Å². The molecule has 0 rings (SSSR count). The van der Waals surface area contributed by atoms with Crippen molar-refractivity contribution in [2.24, 2.45) is 16.7 Å². The lowest BCUT2D eigenvalue weighted by Crippen LogP contribution is -2.30. The second kappa shape index (κ2) is 4.26. The molecule has 0 aliphatic carbocycles. The fourth-order valence-electron chi connectivity index (χ4n) is 0.235. The third kappa shape index (κ3) is 3.30. The predicted octanol–water partition coefficient (Wildman–Crippen LogP) is -1.63. The Labute approximate surface area is 46.9 Å². The summed E-state index contributed by atoms with van der Waals surface area (Å²) >= 11 is 0. The van der Waals surface area contributed by atoms with E-state index in [1.54, 1.807) is 0 Å². The van der Waals surface area contributed by atoms with Crippen molar-refractivity contribution in [1.29, 1.82) is 0 Å². The molecule has 0 atom stereocenters. The molecular weight excluding hydrogens is 108 g/mol. The third-order valence-electron chi connectivity index (χ3n) is 0.527. The van der Waals surface area contributed by atoms with Gasteiger partial charge in [-0.15, -0.1) is 0 Å². The zero-order valence-electron chi connectivity index (χ0n) is 4.37. The second-order valence-corrected chi connectivity index (χ2v) is 1.14. The molecule has 0 aromatic rings. The van der Waals surface area contributed by atoms with Crippen LogP contribution in [-0.4, -0.2) is 24.3 Å². The van der Waals surface area contributed by atoms with Crippen molar-refractivity contribution in [3.8, 4) is 0 Å². The van der Waals surface area contributed by atoms with Crippen LogP contribution in [0.25, 0.3) is 0 Å². The Kier molecular flexibility index (Phi) is 3.78. The first-order valence-corrected chi connectivity index (χ1v) is 2.11. The van der Waals surface area contributed by atoms with Crippen LogP contribution in [0.15, 0.2) is 5.10 Å². The molecule has 5 nitrogen and oxygen atoms in total. The van der Waals surface area contributed by atoms with Crippen molar-refractivity contribution >= 4 is 6.08 Å². The van der Waals surface area contributed by atoms with Gasteiger partial charge in [-0.05, 0) is 0 Å². The molecule has 0 aliphatic rings. The van der Waals surface area contributed by atoms with Crippen LogP contribution in [-0.2, 0) is 4.79 Å². The van der Waals surface area contributed by atoms with Crippen LogP contribution in [0.4, 0.5) is 0 Å². The smallest absolute Gasteiger partial charge is 0.259 e. The molecule has 46 valence electrons. The quantitative estimate of drug-likeness (QED) is 0.201. The molecule has 0 saturated carbocycles. The highest BCUT2D eigenvalue weighted by Gasteiger charge is 1.85. The molecule has 0 aromatic heterocycles. The number of isocyanates is 1. The number of hydrogen-bond acceptors (Lipinski definition) is 5. The van der Waals surface area contributed by atoms with E-state index in [1.165, 1.54) is 6.08 Å². The van der Waals surface area contributed by atoms with Gasteiger partial charge in [0.1, 0.15) is 0 Å². The van der Waals surface area contributed by atoms with E-state index in [1.807, 2.05) is 0 Å². The first kappa shape index (κ1) is 7.10. The average molecular weight is 116 g/mol. The molecule has 0 radical (unpaired) electrons. The van der Waals surface area contributed by atoms with E-state index in [4.69, 9.17) is 11.6 Å². The van der Waals surface area contributed by atoms with E-state index >= 15 is 0 Å². The van der Waals surface area contributed by atoms with Crippen LogP contribution in [0.5, 0.6) is 0 Å². The summed E-state index contributed by atoms with van der Waals surface area (Å²) in [4.78, 5) is 9.44. The average Bonchev–Trinajstić information content (AvgIpc) is 1.68. The molecule has 0 aliphatic heterocycles. The maximum absolute atomic E-state index is 9.44. The van der Waals surface area contributed by atoms with Gasteiger partial charge in [0.15, 0.2) is 0 Å². The maximum Gasteiger partial charge on any atom is 0.259 e. The van der Waals surface area contributed by atoms with E-state index in [-0.39, 0.29) is 0 Å². The Morgan fingerprint density at radius 1 is 1.75 bits per heavy atom. The van der Waals surface area contributed by atoms with Gasteiger partial charge in [0.2, 0.25) is 0 Å². The fourth-order valence-corrected chi connectivity index (χ4v) is 0.235. The Bertz CT molecular complexity index is 97.5. The Morgan fingerprint density at radius 3 is 2.75 bits per heavy atom. The van der Waals surface area contributed by atoms with Gasteiger partial charge >= 0.3 is 0 Å². The minimum Gasteiger partial charge on any atom is -0.329 e. The van der Waals surface area contributed by atoms with Crippen molar-refractivity contribution in [1.82, 2.24) is 5.12 Å². The van der Waals surface area contributed by atoms with E-state index in [0.717, 1.165) is 5.12 Å². The molecule has 0 spiro atoms. The summed E-state index contributed by atoms with van der Waals surface area (Å²) < 4.78 is 0. The molecule has 0 heterocycles. The maximum atomic E-state index is 9.44. The number of nitrogens with zero attached hydrogens (tertiary/aromatic N) is 2. The molecule has 0 amide bonds. The molecule has 0 aromatic carbocycles. The zero-order chi connectivity index (χ0) is 6.41. The molecule has 5 heteroatoms. The van der Waals surface area contributed by atoms with Crippen LogP contribution >= 0.6 is 0 Å². The first-order chi connectivity index (χ1) is 3.81. The highest BCUT2D eigenvalue weighted by molar-refractivity contribution is 5.31. The van der Waals surface area contributed by atoms with E-state index in [0.29, 0.717) is 13.1 Å². The number of carbonyl (C=O) groups excluding carboxylic acids is 1. The standard InChI is InChI=1S/C3H8N4O/c4-1-2-7(5)6-3-8/h1-2,4-5H2. The molecular formula is C3H8N4O. The van der Waals surface area contributed by atoms with Crippen molar-refractivity contribution in [3.05, 3.63) is 0 Å². The van der Waals surface area contributed by atoms with Gasteiger partial charge < -0.3 is 5.73 Å². The molecule has 0 unspecified atom stereocenters. The molecule has 4 N–H and O–H groups in total. The van der Waals surface area contributed by atoms with Crippen LogP contribution in [0.1, 0.15) is 0 Å². The Morgan fingerprint density at radius 2 is 2.38 bits per heavy atom. The number of nitrogens with two attached hydrogens (primary N) is 2. The summed E-state index contributed by atoms with van der Waals surface area (Å²) in [6.45, 7) is 0.747. The van der Waals surface area contributed by atoms with E-state index in [9.17, 15) is 4.79 Å². The lowest BCUT2D eigenvalue weighted by atomic mass is 10.7. The van der Waals surface area contributed by atoms with E-state index in [2.05, 4.69) is 5.10 Å². The van der Waals surface area contributed by atoms with Crippen LogP contribution < -0.4 is 11.6 Å². The number of hydrazine groups is 1. The number of hydrogen-bond donors (Lipinski definition) is 2. The monoisotopic (exact) mass is 116 g/mol. The number of rotatable bonds is 3. The van der Waals surface area contributed by atoms with Gasteiger partial charge in [-0.2, -0.15) is 0 Å². The Balaban J connectivity index is 3.31. The third-order valence-corrected chi connectivity index (χ3v) is 0.527. The molecule has 0 bridgehead atoms. The fraction of sp³-hybridized carbons (Fsp3) is 0.667. The van der Waals surface area contributed by atoms with Gasteiger partial charge in [0, 0.05) is 6.54 Å². The topological polar surface area (TPSA) is 84.7 Å². The normalized spacial score (nSPS) is 7.75.